The molecule has 1 aliphatic rings. The predicted octanol–water partition coefficient (Wildman–Crippen LogP) is 2.04. The number of hydrogen-bond donors (Lipinski definition) is 2. The van der Waals surface area contributed by atoms with Crippen molar-refractivity contribution in [2.75, 3.05) is 11.9 Å². The Morgan fingerprint density at radius 2 is 2.31 bits per heavy atom. The molecule has 2 aromatic rings. The summed E-state index contributed by atoms with van der Waals surface area (Å²) in [6.45, 7) is 2.68. The molecule has 1 saturated carbocycles. The lowest BCUT2D eigenvalue weighted by atomic mass is 10.2. The third-order valence-electron chi connectivity index (χ3n) is 3.03. The van der Waals surface area contributed by atoms with Crippen molar-refractivity contribution in [2.45, 2.75) is 25.3 Å². The number of fused-ring (bicyclic) bond motifs is 1. The van der Waals surface area contributed by atoms with Crippen molar-refractivity contribution < 1.29 is 4.42 Å². The summed E-state index contributed by atoms with van der Waals surface area (Å²) in [5, 5.41) is 3.34. The SMILES string of the molecule is Cc1nc2ccc(NCC3(N)CC3)cc2o1. The summed E-state index contributed by atoms with van der Waals surface area (Å²) in [4.78, 5) is 4.26. The van der Waals surface area contributed by atoms with E-state index in [4.69, 9.17) is 10.2 Å². The van der Waals surface area contributed by atoms with Crippen LogP contribution in [0.25, 0.3) is 11.1 Å². The molecule has 0 bridgehead atoms. The maximum absolute atomic E-state index is 6.01. The van der Waals surface area contributed by atoms with E-state index >= 15 is 0 Å². The average molecular weight is 217 g/mol. The van der Waals surface area contributed by atoms with Gasteiger partial charge in [-0.05, 0) is 25.0 Å². The lowest BCUT2D eigenvalue weighted by molar-refractivity contribution is 0.561. The van der Waals surface area contributed by atoms with Crippen LogP contribution in [0.4, 0.5) is 5.69 Å². The van der Waals surface area contributed by atoms with Crippen LogP contribution in [0.2, 0.25) is 0 Å². The second-order valence-electron chi connectivity index (χ2n) is 4.63. The van der Waals surface area contributed by atoms with Crippen LogP contribution in [0.5, 0.6) is 0 Å². The van der Waals surface area contributed by atoms with Gasteiger partial charge in [-0.25, -0.2) is 4.98 Å². The monoisotopic (exact) mass is 217 g/mol. The lowest BCUT2D eigenvalue weighted by Gasteiger charge is -2.10. The van der Waals surface area contributed by atoms with Gasteiger partial charge in [0.25, 0.3) is 0 Å². The van der Waals surface area contributed by atoms with E-state index in [-0.39, 0.29) is 5.54 Å². The lowest BCUT2D eigenvalue weighted by Crippen LogP contribution is -2.30. The molecule has 0 spiro atoms. The number of aryl methyl sites for hydroxylation is 1. The topological polar surface area (TPSA) is 64.1 Å². The molecule has 1 aromatic carbocycles. The molecule has 3 rings (SSSR count). The highest BCUT2D eigenvalue weighted by Crippen LogP contribution is 2.32. The van der Waals surface area contributed by atoms with Crippen LogP contribution in [-0.2, 0) is 0 Å². The zero-order valence-corrected chi connectivity index (χ0v) is 9.29. The van der Waals surface area contributed by atoms with Gasteiger partial charge in [0, 0.05) is 30.8 Å². The van der Waals surface area contributed by atoms with Crippen molar-refractivity contribution in [1.29, 1.82) is 0 Å². The maximum atomic E-state index is 6.01. The Labute approximate surface area is 93.8 Å². The highest BCUT2D eigenvalue weighted by atomic mass is 16.3. The Morgan fingerprint density at radius 3 is 3.06 bits per heavy atom. The first-order valence-corrected chi connectivity index (χ1v) is 5.55. The molecule has 16 heavy (non-hydrogen) atoms. The highest BCUT2D eigenvalue weighted by molar-refractivity contribution is 5.77. The van der Waals surface area contributed by atoms with E-state index in [1.807, 2.05) is 25.1 Å². The normalized spacial score (nSPS) is 17.6. The van der Waals surface area contributed by atoms with Crippen molar-refractivity contribution in [3.63, 3.8) is 0 Å². The summed E-state index contributed by atoms with van der Waals surface area (Å²) in [5.41, 5.74) is 8.80. The number of nitrogens with one attached hydrogen (secondary N) is 1. The van der Waals surface area contributed by atoms with Crippen LogP contribution in [0, 0.1) is 6.92 Å². The minimum Gasteiger partial charge on any atom is -0.441 e. The highest BCUT2D eigenvalue weighted by Gasteiger charge is 2.37. The van der Waals surface area contributed by atoms with Crippen LogP contribution < -0.4 is 11.1 Å². The number of benzene rings is 1. The van der Waals surface area contributed by atoms with Crippen LogP contribution in [-0.4, -0.2) is 17.1 Å². The minimum atomic E-state index is 0.0201. The molecule has 0 radical (unpaired) electrons. The fourth-order valence-corrected chi connectivity index (χ4v) is 1.77. The molecule has 0 unspecified atom stereocenters. The van der Waals surface area contributed by atoms with E-state index in [1.54, 1.807) is 0 Å². The molecule has 0 atom stereocenters. The van der Waals surface area contributed by atoms with Gasteiger partial charge >= 0.3 is 0 Å². The van der Waals surface area contributed by atoms with Gasteiger partial charge in [-0.2, -0.15) is 0 Å². The van der Waals surface area contributed by atoms with E-state index in [0.29, 0.717) is 5.89 Å². The maximum Gasteiger partial charge on any atom is 0.192 e. The number of rotatable bonds is 3. The zero-order valence-electron chi connectivity index (χ0n) is 9.29. The zero-order chi connectivity index (χ0) is 11.2. The number of hydrogen-bond acceptors (Lipinski definition) is 4. The Bertz CT molecular complexity index is 528. The van der Waals surface area contributed by atoms with Gasteiger partial charge in [-0.15, -0.1) is 0 Å². The van der Waals surface area contributed by atoms with Crippen molar-refractivity contribution in [3.8, 4) is 0 Å². The predicted molar refractivity (Wildman–Crippen MR) is 63.4 cm³/mol. The van der Waals surface area contributed by atoms with Gasteiger partial charge in [0.2, 0.25) is 0 Å². The van der Waals surface area contributed by atoms with Crippen LogP contribution in [0.1, 0.15) is 18.7 Å². The van der Waals surface area contributed by atoms with Gasteiger partial charge in [0.15, 0.2) is 11.5 Å². The van der Waals surface area contributed by atoms with Gasteiger partial charge in [0.05, 0.1) is 0 Å². The number of nitrogens with zero attached hydrogens (tertiary/aromatic N) is 1. The van der Waals surface area contributed by atoms with Crippen LogP contribution in [0.15, 0.2) is 22.6 Å². The molecule has 1 aromatic heterocycles. The molecule has 0 saturated heterocycles. The van der Waals surface area contributed by atoms with Crippen molar-refractivity contribution >= 4 is 16.8 Å². The van der Waals surface area contributed by atoms with Crippen LogP contribution >= 0.6 is 0 Å². The van der Waals surface area contributed by atoms with Gasteiger partial charge in [0.1, 0.15) is 5.52 Å². The standard InChI is InChI=1S/C12H15N3O/c1-8-15-10-3-2-9(6-11(10)16-8)14-7-12(13)4-5-12/h2-3,6,14H,4-5,7,13H2,1H3. The first-order valence-electron chi connectivity index (χ1n) is 5.55. The largest absolute Gasteiger partial charge is 0.441 e. The molecule has 84 valence electrons. The Kier molecular flexibility index (Phi) is 1.94. The Morgan fingerprint density at radius 1 is 1.50 bits per heavy atom. The molecule has 1 fully saturated rings. The minimum absolute atomic E-state index is 0.0201. The summed E-state index contributed by atoms with van der Waals surface area (Å²) in [7, 11) is 0. The smallest absolute Gasteiger partial charge is 0.192 e. The van der Waals surface area contributed by atoms with Gasteiger partial charge in [-0.1, -0.05) is 0 Å². The Hall–Kier alpha value is -1.55. The third-order valence-corrected chi connectivity index (χ3v) is 3.03. The summed E-state index contributed by atoms with van der Waals surface area (Å²) in [6.07, 6.45) is 2.23. The molecule has 4 nitrogen and oxygen atoms in total. The number of oxazole rings is 1. The van der Waals surface area contributed by atoms with E-state index < -0.39 is 0 Å². The second-order valence-corrected chi connectivity index (χ2v) is 4.63. The fourth-order valence-electron chi connectivity index (χ4n) is 1.77. The molecule has 0 amide bonds. The van der Waals surface area contributed by atoms with Crippen LogP contribution in [0.3, 0.4) is 0 Å². The molecular weight excluding hydrogens is 202 g/mol. The molecule has 1 heterocycles. The van der Waals surface area contributed by atoms with E-state index in [9.17, 15) is 0 Å². The summed E-state index contributed by atoms with van der Waals surface area (Å²) in [6, 6.07) is 5.95. The molecule has 0 aliphatic heterocycles. The van der Waals surface area contributed by atoms with Crippen molar-refractivity contribution in [3.05, 3.63) is 24.1 Å². The molecule has 1 aliphatic carbocycles. The van der Waals surface area contributed by atoms with Gasteiger partial charge in [-0.3, -0.25) is 0 Å². The first kappa shape index (κ1) is 9.66. The number of aromatic nitrogens is 1. The first-order chi connectivity index (χ1) is 7.65. The average Bonchev–Trinajstić information content (AvgIpc) is 2.87. The van der Waals surface area contributed by atoms with Gasteiger partial charge < -0.3 is 15.5 Å². The molecule has 3 N–H and O–H groups in total. The molecular formula is C12H15N3O. The van der Waals surface area contributed by atoms with E-state index in [0.717, 1.165) is 36.2 Å². The number of anilines is 1. The summed E-state index contributed by atoms with van der Waals surface area (Å²) >= 11 is 0. The van der Waals surface area contributed by atoms with Crippen molar-refractivity contribution in [2.24, 2.45) is 5.73 Å². The quantitative estimate of drug-likeness (QED) is 0.825. The van der Waals surface area contributed by atoms with Crippen molar-refractivity contribution in [1.82, 2.24) is 4.98 Å². The van der Waals surface area contributed by atoms with E-state index in [2.05, 4.69) is 10.3 Å². The number of nitrogens with two attached hydrogens (primary N) is 1. The Balaban J connectivity index is 1.81. The fraction of sp³-hybridized carbons (Fsp3) is 0.417. The summed E-state index contributed by atoms with van der Waals surface area (Å²) in [5.74, 6) is 0.699. The molecule has 4 heteroatoms. The second kappa shape index (κ2) is 3.22. The summed E-state index contributed by atoms with van der Waals surface area (Å²) < 4.78 is 5.47. The van der Waals surface area contributed by atoms with E-state index in [1.165, 1.54) is 0 Å². The third kappa shape index (κ3) is 1.76.